The second-order valence-electron chi connectivity index (χ2n) is 8.09. The lowest BCUT2D eigenvalue weighted by atomic mass is 9.94. The number of amides is 1. The molecule has 3 heterocycles. The maximum absolute atomic E-state index is 13.0. The van der Waals surface area contributed by atoms with E-state index in [2.05, 4.69) is 9.88 Å². The van der Waals surface area contributed by atoms with Crippen LogP contribution in [0.4, 0.5) is 5.69 Å². The first kappa shape index (κ1) is 22.8. The number of carbonyl (C=O) groups excluding carboxylic acids is 1. The molecule has 2 aliphatic heterocycles. The SMILES string of the molecule is O=C(C1CCN(c2ccncc2)CC1)N1CCN(S(=O)(=O)/C=C/c2ccc(Cl)cc2)CC1. The maximum atomic E-state index is 13.0. The van der Waals surface area contributed by atoms with Gasteiger partial charge < -0.3 is 9.80 Å². The fraction of sp³-hybridized carbons (Fsp3) is 0.391. The highest BCUT2D eigenvalue weighted by molar-refractivity contribution is 7.92. The molecule has 170 valence electrons. The lowest BCUT2D eigenvalue weighted by Crippen LogP contribution is -2.52. The summed E-state index contributed by atoms with van der Waals surface area (Å²) in [6.45, 7) is 3.16. The predicted molar refractivity (Wildman–Crippen MR) is 127 cm³/mol. The Hall–Kier alpha value is -2.42. The summed E-state index contributed by atoms with van der Waals surface area (Å²) in [6.07, 6.45) is 6.75. The average molecular weight is 475 g/mol. The van der Waals surface area contributed by atoms with Gasteiger partial charge in [-0.05, 0) is 48.7 Å². The van der Waals surface area contributed by atoms with Crippen molar-refractivity contribution in [1.29, 1.82) is 0 Å². The number of nitrogens with zero attached hydrogens (tertiary/aromatic N) is 4. The Labute approximate surface area is 194 Å². The summed E-state index contributed by atoms with van der Waals surface area (Å²) in [5, 5.41) is 1.83. The number of piperazine rings is 1. The van der Waals surface area contributed by atoms with Crippen LogP contribution in [0.3, 0.4) is 0 Å². The van der Waals surface area contributed by atoms with Gasteiger partial charge in [0.1, 0.15) is 0 Å². The highest BCUT2D eigenvalue weighted by Gasteiger charge is 2.32. The highest BCUT2D eigenvalue weighted by atomic mass is 35.5. The number of rotatable bonds is 5. The van der Waals surface area contributed by atoms with Gasteiger partial charge in [-0.1, -0.05) is 23.7 Å². The molecule has 1 amide bonds. The van der Waals surface area contributed by atoms with Gasteiger partial charge in [0.25, 0.3) is 0 Å². The first-order chi connectivity index (χ1) is 15.4. The van der Waals surface area contributed by atoms with E-state index in [9.17, 15) is 13.2 Å². The van der Waals surface area contributed by atoms with Crippen molar-refractivity contribution in [3.05, 3.63) is 64.8 Å². The molecule has 0 N–H and O–H groups in total. The van der Waals surface area contributed by atoms with Crippen molar-refractivity contribution >= 4 is 39.3 Å². The zero-order valence-corrected chi connectivity index (χ0v) is 19.4. The number of sulfonamides is 1. The predicted octanol–water partition coefficient (Wildman–Crippen LogP) is 3.10. The summed E-state index contributed by atoms with van der Waals surface area (Å²) in [6, 6.07) is 11.0. The number of benzene rings is 1. The monoisotopic (exact) mass is 474 g/mol. The minimum atomic E-state index is -3.53. The molecule has 2 fully saturated rings. The number of pyridine rings is 1. The van der Waals surface area contributed by atoms with E-state index in [1.165, 1.54) is 9.71 Å². The zero-order valence-electron chi connectivity index (χ0n) is 17.8. The third-order valence-corrected chi connectivity index (χ3v) is 7.90. The topological polar surface area (TPSA) is 73.8 Å². The van der Waals surface area contributed by atoms with Crippen molar-refractivity contribution in [2.75, 3.05) is 44.2 Å². The van der Waals surface area contributed by atoms with Crippen molar-refractivity contribution < 1.29 is 13.2 Å². The third kappa shape index (κ3) is 5.49. The summed E-state index contributed by atoms with van der Waals surface area (Å²) in [5.74, 6) is 0.147. The second-order valence-corrected chi connectivity index (χ2v) is 10.3. The van der Waals surface area contributed by atoms with E-state index in [1.807, 2.05) is 17.0 Å². The molecular weight excluding hydrogens is 448 g/mol. The molecule has 0 saturated carbocycles. The second kappa shape index (κ2) is 10.0. The molecular formula is C23H27ClN4O3S. The Morgan fingerprint density at radius 3 is 2.19 bits per heavy atom. The van der Waals surface area contributed by atoms with E-state index in [-0.39, 0.29) is 11.8 Å². The molecule has 0 aliphatic carbocycles. The van der Waals surface area contributed by atoms with Crippen LogP contribution >= 0.6 is 11.6 Å². The summed E-state index contributed by atoms with van der Waals surface area (Å²) in [4.78, 5) is 21.2. The Kier molecular flexibility index (Phi) is 7.13. The first-order valence-corrected chi connectivity index (χ1v) is 12.7. The highest BCUT2D eigenvalue weighted by Crippen LogP contribution is 2.25. The summed E-state index contributed by atoms with van der Waals surface area (Å²) >= 11 is 5.87. The molecule has 4 rings (SSSR count). The van der Waals surface area contributed by atoms with Crippen molar-refractivity contribution in [2.24, 2.45) is 5.92 Å². The van der Waals surface area contributed by atoms with Gasteiger partial charge in [-0.3, -0.25) is 9.78 Å². The molecule has 0 bridgehead atoms. The molecule has 2 aromatic rings. The molecule has 7 nitrogen and oxygen atoms in total. The van der Waals surface area contributed by atoms with Crippen LogP contribution < -0.4 is 4.90 Å². The Balaban J connectivity index is 1.27. The quantitative estimate of drug-likeness (QED) is 0.665. The number of piperidine rings is 1. The number of hydrogen-bond acceptors (Lipinski definition) is 5. The zero-order chi connectivity index (χ0) is 22.6. The Bertz CT molecular complexity index is 1040. The van der Waals surface area contributed by atoms with E-state index in [0.717, 1.165) is 37.2 Å². The van der Waals surface area contributed by atoms with E-state index in [4.69, 9.17) is 11.6 Å². The molecule has 0 radical (unpaired) electrons. The summed E-state index contributed by atoms with van der Waals surface area (Å²) < 4.78 is 26.8. The largest absolute Gasteiger partial charge is 0.371 e. The number of aromatic nitrogens is 1. The minimum Gasteiger partial charge on any atom is -0.371 e. The van der Waals surface area contributed by atoms with Crippen LogP contribution in [-0.4, -0.2) is 67.8 Å². The van der Waals surface area contributed by atoms with Gasteiger partial charge in [-0.15, -0.1) is 0 Å². The van der Waals surface area contributed by atoms with E-state index in [0.29, 0.717) is 31.2 Å². The van der Waals surface area contributed by atoms with Gasteiger partial charge in [0, 0.05) is 73.7 Å². The van der Waals surface area contributed by atoms with E-state index >= 15 is 0 Å². The van der Waals surface area contributed by atoms with Gasteiger partial charge >= 0.3 is 0 Å². The smallest absolute Gasteiger partial charge is 0.236 e. The van der Waals surface area contributed by atoms with Crippen LogP contribution in [-0.2, 0) is 14.8 Å². The number of hydrogen-bond donors (Lipinski definition) is 0. The minimum absolute atomic E-state index is 0.000968. The van der Waals surface area contributed by atoms with Crippen molar-refractivity contribution in [3.8, 4) is 0 Å². The molecule has 0 spiro atoms. The fourth-order valence-corrected chi connectivity index (χ4v) is 5.48. The third-order valence-electron chi connectivity index (χ3n) is 6.08. The Morgan fingerprint density at radius 2 is 1.56 bits per heavy atom. The van der Waals surface area contributed by atoms with Crippen LogP contribution in [0.5, 0.6) is 0 Å². The molecule has 9 heteroatoms. The van der Waals surface area contributed by atoms with Crippen molar-refractivity contribution in [1.82, 2.24) is 14.2 Å². The molecule has 0 atom stereocenters. The normalized spacial score (nSPS) is 18.9. The summed E-state index contributed by atoms with van der Waals surface area (Å²) in [7, 11) is -3.53. The van der Waals surface area contributed by atoms with Gasteiger partial charge in [0.15, 0.2) is 0 Å². The lowest BCUT2D eigenvalue weighted by molar-refractivity contribution is -0.137. The van der Waals surface area contributed by atoms with Crippen molar-refractivity contribution in [2.45, 2.75) is 12.8 Å². The molecule has 2 saturated heterocycles. The molecule has 1 aromatic carbocycles. The van der Waals surface area contributed by atoms with Crippen LogP contribution in [0, 0.1) is 5.92 Å². The maximum Gasteiger partial charge on any atom is 0.236 e. The number of carbonyl (C=O) groups is 1. The standard InChI is InChI=1S/C23H27ClN4O3S/c24-21-3-1-19(2-4-21)9-18-32(30,31)28-16-14-27(15-17-28)23(29)20-7-12-26(13-8-20)22-5-10-25-11-6-22/h1-6,9-11,18,20H,7-8,12-17H2/b18-9+. The number of anilines is 1. The van der Waals surface area contributed by atoms with Gasteiger partial charge in [-0.25, -0.2) is 8.42 Å². The summed E-state index contributed by atoms with van der Waals surface area (Å²) in [5.41, 5.74) is 1.90. The average Bonchev–Trinajstić information content (AvgIpc) is 2.84. The van der Waals surface area contributed by atoms with Gasteiger partial charge in [0.2, 0.25) is 15.9 Å². The van der Waals surface area contributed by atoms with Crippen LogP contribution in [0.1, 0.15) is 18.4 Å². The fourth-order valence-electron chi connectivity index (χ4n) is 4.19. The molecule has 2 aliphatic rings. The van der Waals surface area contributed by atoms with E-state index in [1.54, 1.807) is 42.7 Å². The molecule has 0 unspecified atom stereocenters. The van der Waals surface area contributed by atoms with E-state index < -0.39 is 10.0 Å². The van der Waals surface area contributed by atoms with Crippen LogP contribution in [0.2, 0.25) is 5.02 Å². The number of halogens is 1. The molecule has 32 heavy (non-hydrogen) atoms. The van der Waals surface area contributed by atoms with Crippen LogP contribution in [0.15, 0.2) is 54.2 Å². The Morgan fingerprint density at radius 1 is 0.938 bits per heavy atom. The first-order valence-electron chi connectivity index (χ1n) is 10.8. The van der Waals surface area contributed by atoms with Gasteiger partial charge in [0.05, 0.1) is 0 Å². The molecule has 1 aromatic heterocycles. The lowest BCUT2D eigenvalue weighted by Gasteiger charge is -2.38. The van der Waals surface area contributed by atoms with Crippen LogP contribution in [0.25, 0.3) is 6.08 Å². The van der Waals surface area contributed by atoms with Crippen molar-refractivity contribution in [3.63, 3.8) is 0 Å². The van der Waals surface area contributed by atoms with Gasteiger partial charge in [-0.2, -0.15) is 4.31 Å².